The maximum Gasteiger partial charge on any atom is 0.247 e. The van der Waals surface area contributed by atoms with Crippen molar-refractivity contribution in [3.8, 4) is 0 Å². The van der Waals surface area contributed by atoms with Crippen LogP contribution in [0.15, 0.2) is 63.3 Å². The smallest absolute Gasteiger partial charge is 0.247 e. The molecule has 0 aliphatic carbocycles. The highest BCUT2D eigenvalue weighted by molar-refractivity contribution is 8.16. The zero-order chi connectivity index (χ0) is 17.8. The topological polar surface area (TPSA) is 98.3 Å². The lowest BCUT2D eigenvalue weighted by Gasteiger charge is -2.15. The van der Waals surface area contributed by atoms with E-state index in [0.717, 1.165) is 11.8 Å². The molecule has 0 unspecified atom stereocenters. The standard InChI is InChI=1S/C17H15N3O4S/c1-11(13-8-5-9-24-13)18-19-17-20(12-6-3-2-4-7-12)16(23)14(25-17)10-15(21)22/h2-9,14H,10H2,1H3,(H,21,22)/p-1/b18-11-,19-17-/t14-/m1/s1. The van der Waals surface area contributed by atoms with Crippen molar-refractivity contribution in [3.63, 3.8) is 0 Å². The van der Waals surface area contributed by atoms with E-state index >= 15 is 0 Å². The lowest BCUT2D eigenvalue weighted by Crippen LogP contribution is -2.35. The number of carbonyl (C=O) groups excluding carboxylic acids is 2. The maximum atomic E-state index is 12.6. The van der Waals surface area contributed by atoms with Crippen molar-refractivity contribution >= 4 is 40.2 Å². The summed E-state index contributed by atoms with van der Waals surface area (Å²) in [6.07, 6.45) is 1.15. The number of rotatable bonds is 5. The number of thioether (sulfide) groups is 1. The SMILES string of the molecule is C/C(=N/N=C1\S[C@H](CC(=O)[O-])C(=O)N1c1ccccc1)c1ccco1. The second-order valence-corrected chi connectivity index (χ2v) is 6.41. The number of hydrogen-bond acceptors (Lipinski definition) is 7. The van der Waals surface area contributed by atoms with Crippen molar-refractivity contribution in [1.29, 1.82) is 0 Å². The summed E-state index contributed by atoms with van der Waals surface area (Å²) >= 11 is 1.06. The first-order chi connectivity index (χ1) is 12.1. The first-order valence-electron chi connectivity index (χ1n) is 7.48. The summed E-state index contributed by atoms with van der Waals surface area (Å²) < 4.78 is 5.24. The molecule has 0 saturated carbocycles. The number of amidine groups is 1. The number of amides is 1. The maximum absolute atomic E-state index is 12.6. The van der Waals surface area contributed by atoms with Crippen molar-refractivity contribution in [2.24, 2.45) is 10.2 Å². The van der Waals surface area contributed by atoms with Crippen LogP contribution in [0.2, 0.25) is 0 Å². The molecule has 8 heteroatoms. The summed E-state index contributed by atoms with van der Waals surface area (Å²) in [6, 6.07) is 12.4. The predicted octanol–water partition coefficient (Wildman–Crippen LogP) is 1.65. The van der Waals surface area contributed by atoms with E-state index in [-0.39, 0.29) is 12.3 Å². The largest absolute Gasteiger partial charge is 0.550 e. The third-order valence-corrected chi connectivity index (χ3v) is 4.59. The Bertz CT molecular complexity index is 831. The van der Waals surface area contributed by atoms with Crippen molar-refractivity contribution in [2.75, 3.05) is 4.90 Å². The number of benzene rings is 1. The molecule has 0 N–H and O–H groups in total. The van der Waals surface area contributed by atoms with Gasteiger partial charge in [0.25, 0.3) is 0 Å². The quantitative estimate of drug-likeness (QED) is 0.599. The van der Waals surface area contributed by atoms with Crippen LogP contribution in [-0.2, 0) is 9.59 Å². The lowest BCUT2D eigenvalue weighted by molar-refractivity contribution is -0.305. The summed E-state index contributed by atoms with van der Waals surface area (Å²) in [5.41, 5.74) is 1.15. The normalized spacial score (nSPS) is 19.6. The molecule has 0 bridgehead atoms. The Balaban J connectivity index is 1.94. The molecule has 1 amide bonds. The van der Waals surface area contributed by atoms with Gasteiger partial charge in [-0.2, -0.15) is 0 Å². The Hall–Kier alpha value is -2.87. The van der Waals surface area contributed by atoms with E-state index < -0.39 is 11.2 Å². The summed E-state index contributed by atoms with van der Waals surface area (Å²) in [5, 5.41) is 18.7. The Morgan fingerprint density at radius 1 is 1.28 bits per heavy atom. The Labute approximate surface area is 148 Å². The Kier molecular flexibility index (Phi) is 4.99. The van der Waals surface area contributed by atoms with Crippen LogP contribution < -0.4 is 10.0 Å². The van der Waals surface area contributed by atoms with E-state index in [1.54, 1.807) is 43.3 Å². The Morgan fingerprint density at radius 2 is 2.04 bits per heavy atom. The van der Waals surface area contributed by atoms with Gasteiger partial charge in [-0.05, 0) is 31.2 Å². The highest BCUT2D eigenvalue weighted by Crippen LogP contribution is 2.33. The van der Waals surface area contributed by atoms with E-state index in [1.165, 1.54) is 11.2 Å². The molecule has 3 rings (SSSR count). The van der Waals surface area contributed by atoms with Crippen LogP contribution in [-0.4, -0.2) is 28.0 Å². The van der Waals surface area contributed by atoms with Crippen LogP contribution in [0.3, 0.4) is 0 Å². The lowest BCUT2D eigenvalue weighted by atomic mass is 10.2. The molecular formula is C17H14N3O4S-. The molecule has 1 fully saturated rings. The zero-order valence-corrected chi connectivity index (χ0v) is 14.1. The summed E-state index contributed by atoms with van der Waals surface area (Å²) in [4.78, 5) is 24.9. The van der Waals surface area contributed by atoms with Gasteiger partial charge >= 0.3 is 0 Å². The number of aliphatic carboxylic acids is 1. The van der Waals surface area contributed by atoms with E-state index in [9.17, 15) is 14.7 Å². The van der Waals surface area contributed by atoms with Crippen LogP contribution in [0, 0.1) is 0 Å². The van der Waals surface area contributed by atoms with E-state index in [4.69, 9.17) is 4.42 Å². The number of carboxylic acid groups (broad SMARTS) is 1. The van der Waals surface area contributed by atoms with Crippen LogP contribution in [0.1, 0.15) is 19.1 Å². The molecule has 1 aliphatic rings. The highest BCUT2D eigenvalue weighted by atomic mass is 32.2. The van der Waals surface area contributed by atoms with E-state index in [2.05, 4.69) is 10.2 Å². The van der Waals surface area contributed by atoms with Gasteiger partial charge in [0.1, 0.15) is 11.5 Å². The van der Waals surface area contributed by atoms with Crippen LogP contribution in [0.4, 0.5) is 5.69 Å². The molecule has 0 spiro atoms. The molecule has 1 aromatic heterocycles. The number of para-hydroxylation sites is 1. The number of nitrogens with zero attached hydrogens (tertiary/aromatic N) is 3. The van der Waals surface area contributed by atoms with Crippen molar-refractivity contribution < 1.29 is 19.1 Å². The second-order valence-electron chi connectivity index (χ2n) is 5.24. The van der Waals surface area contributed by atoms with Gasteiger partial charge in [-0.3, -0.25) is 9.69 Å². The monoisotopic (exact) mass is 356 g/mol. The first-order valence-corrected chi connectivity index (χ1v) is 8.36. The number of furan rings is 1. The third kappa shape index (κ3) is 3.80. The minimum atomic E-state index is -1.28. The van der Waals surface area contributed by atoms with E-state index in [1.807, 2.05) is 6.07 Å². The minimum Gasteiger partial charge on any atom is -0.550 e. The van der Waals surface area contributed by atoms with Gasteiger partial charge in [0.15, 0.2) is 5.17 Å². The molecule has 1 atom stereocenters. The first kappa shape index (κ1) is 17.0. The fourth-order valence-electron chi connectivity index (χ4n) is 2.28. The number of carboxylic acids is 1. The second kappa shape index (κ2) is 7.35. The van der Waals surface area contributed by atoms with Gasteiger partial charge in [-0.25, -0.2) is 0 Å². The molecule has 7 nitrogen and oxygen atoms in total. The number of hydrogen-bond donors (Lipinski definition) is 0. The van der Waals surface area contributed by atoms with Gasteiger partial charge in [0, 0.05) is 12.4 Å². The molecule has 1 aromatic carbocycles. The summed E-state index contributed by atoms with van der Waals surface area (Å²) in [5.74, 6) is -1.07. The van der Waals surface area contributed by atoms with Crippen molar-refractivity contribution in [1.82, 2.24) is 0 Å². The molecule has 128 valence electrons. The van der Waals surface area contributed by atoms with Gasteiger partial charge in [0.05, 0.1) is 17.2 Å². The van der Waals surface area contributed by atoms with Gasteiger partial charge in [-0.15, -0.1) is 10.2 Å². The van der Waals surface area contributed by atoms with Crippen LogP contribution >= 0.6 is 11.8 Å². The molecule has 2 aromatic rings. The Morgan fingerprint density at radius 3 is 2.68 bits per heavy atom. The van der Waals surface area contributed by atoms with Gasteiger partial charge in [-0.1, -0.05) is 30.0 Å². The molecule has 2 heterocycles. The fraction of sp³-hybridized carbons (Fsp3) is 0.176. The number of carbonyl (C=O) groups is 2. The van der Waals surface area contributed by atoms with Crippen molar-refractivity contribution in [3.05, 3.63) is 54.5 Å². The highest BCUT2D eigenvalue weighted by Gasteiger charge is 2.39. The average Bonchev–Trinajstić information content (AvgIpc) is 3.22. The predicted molar refractivity (Wildman–Crippen MR) is 93.3 cm³/mol. The third-order valence-electron chi connectivity index (χ3n) is 3.46. The van der Waals surface area contributed by atoms with Gasteiger partial charge in [0.2, 0.25) is 5.91 Å². The molecule has 25 heavy (non-hydrogen) atoms. The van der Waals surface area contributed by atoms with Crippen molar-refractivity contribution in [2.45, 2.75) is 18.6 Å². The number of anilines is 1. The zero-order valence-electron chi connectivity index (χ0n) is 13.3. The average molecular weight is 356 g/mol. The van der Waals surface area contributed by atoms with Gasteiger partial charge < -0.3 is 14.3 Å². The molecular weight excluding hydrogens is 342 g/mol. The van der Waals surface area contributed by atoms with Crippen LogP contribution in [0.5, 0.6) is 0 Å². The summed E-state index contributed by atoms with van der Waals surface area (Å²) in [6.45, 7) is 1.73. The summed E-state index contributed by atoms with van der Waals surface area (Å²) in [7, 11) is 0. The molecule has 0 radical (unpaired) electrons. The van der Waals surface area contributed by atoms with E-state index in [0.29, 0.717) is 22.3 Å². The fourth-order valence-corrected chi connectivity index (χ4v) is 3.35. The molecule has 1 saturated heterocycles. The van der Waals surface area contributed by atoms with Crippen LogP contribution in [0.25, 0.3) is 0 Å². The minimum absolute atomic E-state index is 0.313. The molecule has 1 aliphatic heterocycles.